The molecule has 0 amide bonds. The Balaban J connectivity index is 1.91. The number of hydrogen-bond donors (Lipinski definition) is 0. The molecule has 0 saturated heterocycles. The van der Waals surface area contributed by atoms with Crippen LogP contribution in [0.3, 0.4) is 0 Å². The molecule has 0 aliphatic rings. The first-order valence-electron chi connectivity index (χ1n) is 11.7. The zero-order valence-electron chi connectivity index (χ0n) is 19.7. The Kier molecular flexibility index (Phi) is 7.93. The smallest absolute Gasteiger partial charge is 0.0987 e. The summed E-state index contributed by atoms with van der Waals surface area (Å²) in [5, 5.41) is 4.06. The van der Waals surface area contributed by atoms with Crippen molar-refractivity contribution in [2.75, 3.05) is 6.16 Å². The minimum absolute atomic E-state index is 0.773. The predicted molar refractivity (Wildman–Crippen MR) is 152 cm³/mol. The van der Waals surface area contributed by atoms with Crippen molar-refractivity contribution in [1.82, 2.24) is 0 Å². The number of benzene rings is 4. The lowest BCUT2D eigenvalue weighted by Gasteiger charge is -2.25. The van der Waals surface area contributed by atoms with Crippen LogP contribution >= 0.6 is 7.26 Å². The normalized spacial score (nSPS) is 11.7. The monoisotopic (exact) mass is 457 g/mol. The summed E-state index contributed by atoms with van der Waals surface area (Å²) in [5.74, 6) is 7.25. The lowest BCUT2D eigenvalue weighted by atomic mass is 9.98. The molecule has 4 rings (SSSR count). The summed E-state index contributed by atoms with van der Waals surface area (Å²) in [6.07, 6.45) is 3.62. The second kappa shape index (κ2) is 11.5. The molecule has 0 bridgehead atoms. The maximum atomic E-state index is 4.06. The van der Waals surface area contributed by atoms with Gasteiger partial charge in [-0.2, -0.15) is 0 Å². The standard InChI is InChI=1S/C33H30P/c1-3-28(4-2)33(29-18-9-5-10-19-29)26-17-27-34(30-20-11-6-12-21-30,31-22-13-7-14-23-31)32-24-15-8-16-25-32/h3,5-16,18-25H,1,4,27H2,2H3/q+1/b33-28-. The van der Waals surface area contributed by atoms with E-state index >= 15 is 0 Å². The van der Waals surface area contributed by atoms with Gasteiger partial charge in [-0.3, -0.25) is 0 Å². The highest BCUT2D eigenvalue weighted by molar-refractivity contribution is 7.95. The fourth-order valence-corrected chi connectivity index (χ4v) is 8.18. The zero-order chi connectivity index (χ0) is 23.6. The summed E-state index contributed by atoms with van der Waals surface area (Å²) in [6, 6.07) is 43.2. The minimum atomic E-state index is -1.97. The predicted octanol–water partition coefficient (Wildman–Crippen LogP) is 7.03. The summed E-state index contributed by atoms with van der Waals surface area (Å²) in [7, 11) is -1.97. The molecule has 0 aliphatic heterocycles. The van der Waals surface area contributed by atoms with E-state index in [-0.39, 0.29) is 0 Å². The van der Waals surface area contributed by atoms with Gasteiger partial charge in [-0.05, 0) is 54.0 Å². The summed E-state index contributed by atoms with van der Waals surface area (Å²) in [4.78, 5) is 0. The minimum Gasteiger partial charge on any atom is -0.0987 e. The molecule has 1 heteroatoms. The highest BCUT2D eigenvalue weighted by Crippen LogP contribution is 2.54. The Hall–Kier alpha value is -3.65. The van der Waals surface area contributed by atoms with Gasteiger partial charge in [0.15, 0.2) is 0 Å². The second-order valence-electron chi connectivity index (χ2n) is 8.10. The topological polar surface area (TPSA) is 0 Å². The molecule has 0 radical (unpaired) electrons. The van der Waals surface area contributed by atoms with Gasteiger partial charge < -0.3 is 0 Å². The number of hydrogen-bond acceptors (Lipinski definition) is 0. The second-order valence-corrected chi connectivity index (χ2v) is 11.6. The van der Waals surface area contributed by atoms with Gasteiger partial charge in [-0.25, -0.2) is 0 Å². The molecule has 0 atom stereocenters. The van der Waals surface area contributed by atoms with E-state index in [0.29, 0.717) is 0 Å². The largest absolute Gasteiger partial charge is 0.134 e. The summed E-state index contributed by atoms with van der Waals surface area (Å²) in [5.41, 5.74) is 3.40. The van der Waals surface area contributed by atoms with Crippen molar-refractivity contribution >= 4 is 28.7 Å². The van der Waals surface area contributed by atoms with E-state index in [1.54, 1.807) is 0 Å². The Morgan fingerprint density at radius 3 is 1.47 bits per heavy atom. The van der Waals surface area contributed by atoms with E-state index in [1.165, 1.54) is 21.5 Å². The Labute approximate surface area is 205 Å². The van der Waals surface area contributed by atoms with E-state index in [1.807, 2.05) is 12.1 Å². The van der Waals surface area contributed by atoms with Crippen LogP contribution in [0.2, 0.25) is 0 Å². The third-order valence-electron chi connectivity index (χ3n) is 6.13. The molecule has 0 aliphatic carbocycles. The Bertz CT molecular complexity index is 1200. The van der Waals surface area contributed by atoms with Crippen molar-refractivity contribution in [1.29, 1.82) is 0 Å². The molecule has 4 aromatic carbocycles. The van der Waals surface area contributed by atoms with Crippen LogP contribution in [0, 0.1) is 11.8 Å². The van der Waals surface area contributed by atoms with Crippen LogP contribution in [0.15, 0.2) is 140 Å². The van der Waals surface area contributed by atoms with Crippen molar-refractivity contribution in [3.05, 3.63) is 145 Å². The van der Waals surface area contributed by atoms with Crippen LogP contribution in [0.4, 0.5) is 0 Å². The van der Waals surface area contributed by atoms with E-state index < -0.39 is 7.26 Å². The van der Waals surface area contributed by atoms with Crippen molar-refractivity contribution in [2.24, 2.45) is 0 Å². The number of allylic oxidation sites excluding steroid dienone is 3. The van der Waals surface area contributed by atoms with Gasteiger partial charge in [-0.15, -0.1) is 0 Å². The number of rotatable bonds is 7. The highest BCUT2D eigenvalue weighted by Gasteiger charge is 2.44. The average Bonchev–Trinajstić information content (AvgIpc) is 2.93. The van der Waals surface area contributed by atoms with E-state index in [2.05, 4.69) is 141 Å². The van der Waals surface area contributed by atoms with Crippen LogP contribution < -0.4 is 15.9 Å². The Morgan fingerprint density at radius 2 is 1.09 bits per heavy atom. The van der Waals surface area contributed by atoms with E-state index in [0.717, 1.165) is 23.7 Å². The van der Waals surface area contributed by atoms with E-state index in [4.69, 9.17) is 0 Å². The molecular weight excluding hydrogens is 427 g/mol. The zero-order valence-corrected chi connectivity index (χ0v) is 20.6. The summed E-state index contributed by atoms with van der Waals surface area (Å²) >= 11 is 0. The SMILES string of the molecule is C=C/C(CC)=C(\C#CC[P+](c1ccccc1)(c1ccccc1)c1ccccc1)c1ccccc1. The molecule has 0 fully saturated rings. The molecule has 0 N–H and O–H groups in total. The first-order chi connectivity index (χ1) is 16.8. The molecule has 0 spiro atoms. The van der Waals surface area contributed by atoms with Crippen LogP contribution in [-0.4, -0.2) is 6.16 Å². The molecule has 0 aromatic heterocycles. The molecule has 166 valence electrons. The molecule has 0 heterocycles. The van der Waals surface area contributed by atoms with E-state index in [9.17, 15) is 0 Å². The van der Waals surface area contributed by atoms with Crippen molar-refractivity contribution in [3.63, 3.8) is 0 Å². The quantitative estimate of drug-likeness (QED) is 0.159. The molecule has 0 saturated carbocycles. The fraction of sp³-hybridized carbons (Fsp3) is 0.0909. The van der Waals surface area contributed by atoms with Crippen LogP contribution in [0.25, 0.3) is 5.57 Å². The maximum Gasteiger partial charge on any atom is 0.134 e. The lowest BCUT2D eigenvalue weighted by molar-refractivity contribution is 1.16. The van der Waals surface area contributed by atoms with Gasteiger partial charge in [-0.1, -0.05) is 116 Å². The molecule has 0 unspecified atom stereocenters. The first-order valence-corrected chi connectivity index (χ1v) is 13.7. The average molecular weight is 458 g/mol. The van der Waals surface area contributed by atoms with Gasteiger partial charge in [0.2, 0.25) is 0 Å². The maximum absolute atomic E-state index is 4.06. The molecule has 4 aromatic rings. The molecule has 34 heavy (non-hydrogen) atoms. The fourth-order valence-electron chi connectivity index (χ4n) is 4.38. The van der Waals surface area contributed by atoms with Crippen LogP contribution in [-0.2, 0) is 0 Å². The van der Waals surface area contributed by atoms with Gasteiger partial charge in [0.1, 0.15) is 29.3 Å². The van der Waals surface area contributed by atoms with Crippen molar-refractivity contribution in [3.8, 4) is 11.8 Å². The van der Waals surface area contributed by atoms with Crippen LogP contribution in [0.5, 0.6) is 0 Å². The third kappa shape index (κ3) is 4.97. The van der Waals surface area contributed by atoms with Gasteiger partial charge >= 0.3 is 0 Å². The van der Waals surface area contributed by atoms with Gasteiger partial charge in [0, 0.05) is 5.57 Å². The highest BCUT2D eigenvalue weighted by atomic mass is 31.2. The van der Waals surface area contributed by atoms with Gasteiger partial charge in [0.25, 0.3) is 0 Å². The lowest BCUT2D eigenvalue weighted by Crippen LogP contribution is -2.33. The summed E-state index contributed by atoms with van der Waals surface area (Å²) in [6.45, 7) is 6.22. The third-order valence-corrected chi connectivity index (χ3v) is 10.3. The van der Waals surface area contributed by atoms with Crippen molar-refractivity contribution < 1.29 is 0 Å². The van der Waals surface area contributed by atoms with Crippen molar-refractivity contribution in [2.45, 2.75) is 13.3 Å². The summed E-state index contributed by atoms with van der Waals surface area (Å²) < 4.78 is 0. The molecular formula is C33H30P+. The first kappa shape index (κ1) is 23.5. The van der Waals surface area contributed by atoms with Gasteiger partial charge in [0.05, 0.1) is 0 Å². The Morgan fingerprint density at radius 1 is 0.676 bits per heavy atom. The van der Waals surface area contributed by atoms with Crippen LogP contribution in [0.1, 0.15) is 18.9 Å². The molecule has 0 nitrogen and oxygen atoms in total.